The zero-order valence-electron chi connectivity index (χ0n) is 13.1. The van der Waals surface area contributed by atoms with Gasteiger partial charge in [-0.1, -0.05) is 6.07 Å². The first-order valence-electron chi connectivity index (χ1n) is 7.15. The summed E-state index contributed by atoms with van der Waals surface area (Å²) >= 11 is 3.20. The van der Waals surface area contributed by atoms with E-state index in [4.69, 9.17) is 4.74 Å². The minimum absolute atomic E-state index is 0.138. The Bertz CT molecular complexity index is 903. The van der Waals surface area contributed by atoms with E-state index in [9.17, 15) is 22.0 Å². The van der Waals surface area contributed by atoms with Gasteiger partial charge in [-0.3, -0.25) is 4.79 Å². The summed E-state index contributed by atoms with van der Waals surface area (Å²) < 4.78 is 58.1. The van der Waals surface area contributed by atoms with Crippen LogP contribution in [0.2, 0.25) is 0 Å². The van der Waals surface area contributed by atoms with Crippen molar-refractivity contribution in [2.75, 3.05) is 6.61 Å². The van der Waals surface area contributed by atoms with Crippen molar-refractivity contribution < 1.29 is 26.7 Å². The molecule has 0 radical (unpaired) electrons. The van der Waals surface area contributed by atoms with E-state index < -0.39 is 34.0 Å². The van der Waals surface area contributed by atoms with Crippen LogP contribution in [0.5, 0.6) is 5.75 Å². The highest BCUT2D eigenvalue weighted by Gasteiger charge is 2.19. The Hall–Kier alpha value is -2.00. The summed E-state index contributed by atoms with van der Waals surface area (Å²) in [4.78, 5) is 11.8. The average Bonchev–Trinajstić information content (AvgIpc) is 2.52. The van der Waals surface area contributed by atoms with E-state index in [1.54, 1.807) is 6.92 Å². The monoisotopic (exact) mass is 433 g/mol. The maximum atomic E-state index is 13.1. The molecule has 0 aromatic heterocycles. The number of ether oxygens (including phenoxy) is 1. The number of halogens is 3. The van der Waals surface area contributed by atoms with Crippen molar-refractivity contribution in [2.24, 2.45) is 0 Å². The summed E-state index contributed by atoms with van der Waals surface area (Å²) in [6, 6.07) is 6.98. The molecule has 0 aliphatic heterocycles. The highest BCUT2D eigenvalue weighted by molar-refractivity contribution is 9.10. The summed E-state index contributed by atoms with van der Waals surface area (Å²) in [7, 11) is -4.11. The van der Waals surface area contributed by atoms with E-state index in [0.29, 0.717) is 16.8 Å². The molecule has 2 aromatic carbocycles. The number of hydrogen-bond donors (Lipinski definition) is 1. The SMILES string of the molecule is CCOc1ccc(S(=O)(=O)NC(=O)Cc2ccc(F)c(F)c2)cc1Br. The second-order valence-corrected chi connectivity index (χ2v) is 7.52. The molecule has 0 fully saturated rings. The van der Waals surface area contributed by atoms with Gasteiger partial charge >= 0.3 is 0 Å². The zero-order chi connectivity index (χ0) is 18.6. The predicted molar refractivity (Wildman–Crippen MR) is 90.7 cm³/mol. The van der Waals surface area contributed by atoms with E-state index in [1.165, 1.54) is 24.3 Å². The van der Waals surface area contributed by atoms with Crippen LogP contribution in [0.15, 0.2) is 45.8 Å². The molecule has 0 unspecified atom stereocenters. The van der Waals surface area contributed by atoms with Crippen LogP contribution in [0.25, 0.3) is 0 Å². The fourth-order valence-corrected chi connectivity index (χ4v) is 3.66. The van der Waals surface area contributed by atoms with E-state index in [1.807, 2.05) is 4.72 Å². The average molecular weight is 434 g/mol. The van der Waals surface area contributed by atoms with Gasteiger partial charge in [0.1, 0.15) is 5.75 Å². The fraction of sp³-hybridized carbons (Fsp3) is 0.188. The maximum absolute atomic E-state index is 13.1. The third-order valence-electron chi connectivity index (χ3n) is 3.11. The van der Waals surface area contributed by atoms with Crippen molar-refractivity contribution in [3.8, 4) is 5.75 Å². The number of carbonyl (C=O) groups is 1. The second kappa shape index (κ2) is 7.92. The Labute approximate surface area is 152 Å². The molecule has 2 rings (SSSR count). The Morgan fingerprint density at radius 2 is 1.88 bits per heavy atom. The molecule has 1 N–H and O–H groups in total. The topological polar surface area (TPSA) is 72.5 Å². The Morgan fingerprint density at radius 3 is 2.48 bits per heavy atom. The van der Waals surface area contributed by atoms with Crippen LogP contribution >= 0.6 is 15.9 Å². The lowest BCUT2D eigenvalue weighted by Crippen LogP contribution is -2.31. The first-order chi connectivity index (χ1) is 11.7. The van der Waals surface area contributed by atoms with Crippen molar-refractivity contribution in [2.45, 2.75) is 18.2 Å². The Morgan fingerprint density at radius 1 is 1.16 bits per heavy atom. The Balaban J connectivity index is 2.13. The van der Waals surface area contributed by atoms with Gasteiger partial charge < -0.3 is 4.74 Å². The molecule has 0 atom stereocenters. The van der Waals surface area contributed by atoms with Gasteiger partial charge in [0.15, 0.2) is 11.6 Å². The largest absolute Gasteiger partial charge is 0.493 e. The van der Waals surface area contributed by atoms with Gasteiger partial charge in [0.2, 0.25) is 5.91 Å². The summed E-state index contributed by atoms with van der Waals surface area (Å²) in [5, 5.41) is 0. The minimum Gasteiger partial charge on any atom is -0.493 e. The van der Waals surface area contributed by atoms with Crippen molar-refractivity contribution in [1.82, 2.24) is 4.72 Å². The molecule has 0 saturated heterocycles. The molecule has 0 bridgehead atoms. The highest BCUT2D eigenvalue weighted by Crippen LogP contribution is 2.27. The summed E-state index contributed by atoms with van der Waals surface area (Å²) in [6.45, 7) is 2.20. The lowest BCUT2D eigenvalue weighted by atomic mass is 10.1. The van der Waals surface area contributed by atoms with Crippen LogP contribution < -0.4 is 9.46 Å². The molecular weight excluding hydrogens is 420 g/mol. The number of hydrogen-bond acceptors (Lipinski definition) is 4. The number of amides is 1. The molecule has 0 saturated carbocycles. The molecule has 0 aliphatic carbocycles. The maximum Gasteiger partial charge on any atom is 0.264 e. The molecule has 134 valence electrons. The van der Waals surface area contributed by atoms with Gasteiger partial charge in [-0.05, 0) is 58.7 Å². The molecule has 0 spiro atoms. The van der Waals surface area contributed by atoms with Gasteiger partial charge in [-0.15, -0.1) is 0 Å². The van der Waals surface area contributed by atoms with Crippen LogP contribution in [-0.4, -0.2) is 20.9 Å². The molecule has 5 nitrogen and oxygen atoms in total. The first kappa shape index (κ1) is 19.3. The summed E-state index contributed by atoms with van der Waals surface area (Å²) in [6.07, 6.45) is -0.408. The molecular formula is C16H14BrF2NO4S. The van der Waals surface area contributed by atoms with Crippen molar-refractivity contribution in [3.05, 3.63) is 58.1 Å². The van der Waals surface area contributed by atoms with E-state index in [-0.39, 0.29) is 10.5 Å². The third-order valence-corrected chi connectivity index (χ3v) is 5.10. The normalized spacial score (nSPS) is 11.2. The zero-order valence-corrected chi connectivity index (χ0v) is 15.5. The number of nitrogens with one attached hydrogen (secondary N) is 1. The fourth-order valence-electron chi connectivity index (χ4n) is 2.00. The van der Waals surface area contributed by atoms with Gasteiger partial charge in [0, 0.05) is 0 Å². The second-order valence-electron chi connectivity index (χ2n) is 4.98. The van der Waals surface area contributed by atoms with Crippen molar-refractivity contribution in [1.29, 1.82) is 0 Å². The van der Waals surface area contributed by atoms with Crippen LogP contribution in [0.3, 0.4) is 0 Å². The first-order valence-corrected chi connectivity index (χ1v) is 9.42. The van der Waals surface area contributed by atoms with Gasteiger partial charge in [0.05, 0.1) is 22.4 Å². The number of sulfonamides is 1. The smallest absolute Gasteiger partial charge is 0.264 e. The summed E-state index contributed by atoms with van der Waals surface area (Å²) in [5.41, 5.74) is 0.152. The molecule has 1 amide bonds. The Kier molecular flexibility index (Phi) is 6.12. The van der Waals surface area contributed by atoms with Crippen molar-refractivity contribution >= 4 is 31.9 Å². The van der Waals surface area contributed by atoms with Crippen LogP contribution in [0.1, 0.15) is 12.5 Å². The molecule has 0 aliphatic rings. The van der Waals surface area contributed by atoms with E-state index >= 15 is 0 Å². The number of rotatable bonds is 6. The molecule has 2 aromatic rings. The number of carbonyl (C=O) groups excluding carboxylic acids is 1. The van der Waals surface area contributed by atoms with Crippen LogP contribution in [-0.2, 0) is 21.2 Å². The molecule has 25 heavy (non-hydrogen) atoms. The molecule has 9 heteroatoms. The molecule has 0 heterocycles. The quantitative estimate of drug-likeness (QED) is 0.759. The lowest BCUT2D eigenvalue weighted by molar-refractivity contribution is -0.118. The summed E-state index contributed by atoms with van der Waals surface area (Å²) in [5.74, 6) is -2.55. The van der Waals surface area contributed by atoms with Gasteiger partial charge in [0.25, 0.3) is 10.0 Å². The standard InChI is InChI=1S/C16H14BrF2NO4S/c1-2-24-15-6-4-11(9-12(15)17)25(22,23)20-16(21)8-10-3-5-13(18)14(19)7-10/h3-7,9H,2,8H2,1H3,(H,20,21). The van der Waals surface area contributed by atoms with E-state index in [0.717, 1.165) is 12.1 Å². The van der Waals surface area contributed by atoms with Gasteiger partial charge in [-0.25, -0.2) is 21.9 Å². The minimum atomic E-state index is -4.11. The van der Waals surface area contributed by atoms with Crippen molar-refractivity contribution in [3.63, 3.8) is 0 Å². The third kappa shape index (κ3) is 4.99. The lowest BCUT2D eigenvalue weighted by Gasteiger charge is -2.10. The van der Waals surface area contributed by atoms with E-state index in [2.05, 4.69) is 15.9 Å². The van der Waals surface area contributed by atoms with Crippen LogP contribution in [0.4, 0.5) is 8.78 Å². The highest BCUT2D eigenvalue weighted by atomic mass is 79.9. The van der Waals surface area contributed by atoms with Crippen LogP contribution in [0, 0.1) is 11.6 Å². The predicted octanol–water partition coefficient (Wildman–Crippen LogP) is 3.17. The van der Waals surface area contributed by atoms with Gasteiger partial charge in [-0.2, -0.15) is 0 Å². The number of benzene rings is 2.